The van der Waals surface area contributed by atoms with Crippen molar-refractivity contribution in [1.29, 1.82) is 0 Å². The fourth-order valence-electron chi connectivity index (χ4n) is 2.66. The van der Waals surface area contributed by atoms with Crippen molar-refractivity contribution in [3.63, 3.8) is 0 Å². The second kappa shape index (κ2) is 7.77. The number of carboxylic acid groups (broad SMARTS) is 1. The first-order valence-corrected chi connectivity index (χ1v) is 7.42. The molecule has 1 aromatic carbocycles. The Morgan fingerprint density at radius 3 is 2.86 bits per heavy atom. The van der Waals surface area contributed by atoms with Crippen molar-refractivity contribution >= 4 is 11.9 Å². The molecule has 1 N–H and O–H groups in total. The Labute approximate surface area is 128 Å². The highest BCUT2D eigenvalue weighted by molar-refractivity contribution is 5.77. The quantitative estimate of drug-likeness (QED) is 0.906. The predicted molar refractivity (Wildman–Crippen MR) is 78.1 cm³/mol. The van der Waals surface area contributed by atoms with E-state index in [1.807, 2.05) is 0 Å². The number of amides is 1. The first-order valence-electron chi connectivity index (χ1n) is 7.42. The molecule has 1 aliphatic rings. The van der Waals surface area contributed by atoms with Crippen LogP contribution in [0.5, 0.6) is 5.75 Å². The minimum absolute atomic E-state index is 0.124. The van der Waals surface area contributed by atoms with Gasteiger partial charge in [0.1, 0.15) is 11.6 Å². The van der Waals surface area contributed by atoms with E-state index in [0.717, 1.165) is 12.8 Å². The maximum absolute atomic E-state index is 13.0. The Hall–Kier alpha value is -2.11. The maximum atomic E-state index is 13.0. The Morgan fingerprint density at radius 1 is 1.32 bits per heavy atom. The summed E-state index contributed by atoms with van der Waals surface area (Å²) in [5, 5.41) is 8.83. The second-order valence-corrected chi connectivity index (χ2v) is 5.52. The normalized spacial score (nSPS) is 18.6. The molecule has 120 valence electrons. The lowest BCUT2D eigenvalue weighted by Crippen LogP contribution is -2.35. The molecule has 6 heteroatoms. The lowest BCUT2D eigenvalue weighted by atomic mass is 9.97. The number of carbonyl (C=O) groups excluding carboxylic acids is 1. The van der Waals surface area contributed by atoms with Crippen LogP contribution < -0.4 is 4.74 Å². The van der Waals surface area contributed by atoms with Crippen LogP contribution >= 0.6 is 0 Å². The highest BCUT2D eigenvalue weighted by atomic mass is 19.1. The summed E-state index contributed by atoms with van der Waals surface area (Å²) in [4.78, 5) is 24.6. The summed E-state index contributed by atoms with van der Waals surface area (Å²) in [6, 6.07) is 5.67. The van der Waals surface area contributed by atoms with Gasteiger partial charge in [0.15, 0.2) is 6.61 Å². The Kier molecular flexibility index (Phi) is 5.75. The average Bonchev–Trinajstić information content (AvgIpc) is 2.70. The highest BCUT2D eigenvalue weighted by Gasteiger charge is 2.22. The Bertz CT molecular complexity index is 535. The van der Waals surface area contributed by atoms with Gasteiger partial charge >= 0.3 is 5.97 Å². The van der Waals surface area contributed by atoms with Crippen molar-refractivity contribution in [3.05, 3.63) is 30.1 Å². The van der Waals surface area contributed by atoms with Crippen molar-refractivity contribution in [2.75, 3.05) is 19.7 Å². The molecular formula is C16H20FNO4. The zero-order valence-electron chi connectivity index (χ0n) is 12.3. The van der Waals surface area contributed by atoms with Crippen LogP contribution in [0.15, 0.2) is 24.3 Å². The van der Waals surface area contributed by atoms with Crippen molar-refractivity contribution < 1.29 is 23.8 Å². The molecule has 1 amide bonds. The van der Waals surface area contributed by atoms with Crippen LogP contribution in [-0.2, 0) is 9.59 Å². The summed E-state index contributed by atoms with van der Waals surface area (Å²) in [7, 11) is 0. The number of hydrogen-bond donors (Lipinski definition) is 1. The second-order valence-electron chi connectivity index (χ2n) is 5.52. The van der Waals surface area contributed by atoms with E-state index in [1.54, 1.807) is 11.0 Å². The number of nitrogens with zero attached hydrogens (tertiary/aromatic N) is 1. The molecule has 1 heterocycles. The van der Waals surface area contributed by atoms with Gasteiger partial charge in [-0.2, -0.15) is 0 Å². The van der Waals surface area contributed by atoms with E-state index < -0.39 is 11.8 Å². The zero-order valence-corrected chi connectivity index (χ0v) is 12.3. The fourth-order valence-corrected chi connectivity index (χ4v) is 2.66. The number of carbonyl (C=O) groups is 2. The van der Waals surface area contributed by atoms with Gasteiger partial charge in [-0.05, 0) is 37.3 Å². The molecule has 5 nitrogen and oxygen atoms in total. The van der Waals surface area contributed by atoms with Crippen LogP contribution in [0, 0.1) is 11.7 Å². The van der Waals surface area contributed by atoms with Gasteiger partial charge in [0.25, 0.3) is 5.91 Å². The molecule has 0 saturated carbocycles. The average molecular weight is 309 g/mol. The van der Waals surface area contributed by atoms with Crippen LogP contribution in [0.3, 0.4) is 0 Å². The minimum Gasteiger partial charge on any atom is -0.484 e. The van der Waals surface area contributed by atoms with Crippen molar-refractivity contribution in [2.24, 2.45) is 5.92 Å². The van der Waals surface area contributed by atoms with Gasteiger partial charge in [0.2, 0.25) is 0 Å². The largest absolute Gasteiger partial charge is 0.484 e. The van der Waals surface area contributed by atoms with E-state index in [0.29, 0.717) is 25.3 Å². The van der Waals surface area contributed by atoms with Gasteiger partial charge in [0.05, 0.1) is 0 Å². The number of benzene rings is 1. The summed E-state index contributed by atoms with van der Waals surface area (Å²) in [5.41, 5.74) is 0. The van der Waals surface area contributed by atoms with E-state index in [1.165, 1.54) is 18.2 Å². The van der Waals surface area contributed by atoms with Crippen molar-refractivity contribution in [3.8, 4) is 5.75 Å². The smallest absolute Gasteiger partial charge is 0.303 e. The van der Waals surface area contributed by atoms with Crippen LogP contribution in [-0.4, -0.2) is 41.6 Å². The maximum Gasteiger partial charge on any atom is 0.303 e. The molecule has 0 spiro atoms. The summed E-state index contributed by atoms with van der Waals surface area (Å²) in [6.45, 7) is 1.03. The van der Waals surface area contributed by atoms with Gasteiger partial charge < -0.3 is 14.7 Å². The SMILES string of the molecule is O=C(O)C[C@H]1CCCN(C(=O)COc2cccc(F)c2)CC1. The van der Waals surface area contributed by atoms with E-state index >= 15 is 0 Å². The van der Waals surface area contributed by atoms with Crippen molar-refractivity contribution in [1.82, 2.24) is 4.90 Å². The molecular weight excluding hydrogens is 289 g/mol. The molecule has 0 radical (unpaired) electrons. The molecule has 1 atom stereocenters. The van der Waals surface area contributed by atoms with Crippen LogP contribution in [0.25, 0.3) is 0 Å². The van der Waals surface area contributed by atoms with Crippen LogP contribution in [0.2, 0.25) is 0 Å². The molecule has 1 aromatic rings. The molecule has 0 unspecified atom stereocenters. The van der Waals surface area contributed by atoms with Gasteiger partial charge in [-0.25, -0.2) is 4.39 Å². The van der Waals surface area contributed by atoms with Crippen molar-refractivity contribution in [2.45, 2.75) is 25.7 Å². The number of carboxylic acids is 1. The van der Waals surface area contributed by atoms with Gasteiger partial charge in [0, 0.05) is 25.6 Å². The van der Waals surface area contributed by atoms with Gasteiger partial charge in [-0.3, -0.25) is 9.59 Å². The Balaban J connectivity index is 1.81. The minimum atomic E-state index is -0.792. The molecule has 1 aliphatic heterocycles. The standard InChI is InChI=1S/C16H20FNO4/c17-13-4-1-5-14(10-13)22-11-15(19)18-7-2-3-12(6-8-18)9-16(20)21/h1,4-5,10,12H,2-3,6-9,11H2,(H,20,21)/t12-/m0/s1. The number of ether oxygens (including phenoxy) is 1. The van der Waals surface area contributed by atoms with E-state index in [9.17, 15) is 14.0 Å². The molecule has 0 bridgehead atoms. The number of hydrogen-bond acceptors (Lipinski definition) is 3. The molecule has 1 saturated heterocycles. The first-order chi connectivity index (χ1) is 10.5. The zero-order chi connectivity index (χ0) is 15.9. The number of halogens is 1. The molecule has 1 fully saturated rings. The van der Waals surface area contributed by atoms with E-state index in [4.69, 9.17) is 9.84 Å². The highest BCUT2D eigenvalue weighted by Crippen LogP contribution is 2.21. The predicted octanol–water partition coefficient (Wildman–Crippen LogP) is 2.31. The van der Waals surface area contributed by atoms with E-state index in [2.05, 4.69) is 0 Å². The first kappa shape index (κ1) is 16.3. The third-order valence-corrected chi connectivity index (χ3v) is 3.82. The third kappa shape index (κ3) is 5.02. The molecule has 2 rings (SSSR count). The monoisotopic (exact) mass is 309 g/mol. The van der Waals surface area contributed by atoms with E-state index in [-0.39, 0.29) is 24.9 Å². The summed E-state index contributed by atoms with van der Waals surface area (Å²) < 4.78 is 18.3. The number of rotatable bonds is 5. The Morgan fingerprint density at radius 2 is 2.14 bits per heavy atom. The third-order valence-electron chi connectivity index (χ3n) is 3.82. The summed E-state index contributed by atoms with van der Waals surface area (Å²) in [6.07, 6.45) is 2.46. The van der Waals surface area contributed by atoms with Crippen LogP contribution in [0.1, 0.15) is 25.7 Å². The van der Waals surface area contributed by atoms with Crippen LogP contribution in [0.4, 0.5) is 4.39 Å². The number of likely N-dealkylation sites (tertiary alicyclic amines) is 1. The lowest BCUT2D eigenvalue weighted by molar-refractivity contribution is -0.138. The van der Waals surface area contributed by atoms with Gasteiger partial charge in [-0.15, -0.1) is 0 Å². The molecule has 0 aromatic heterocycles. The lowest BCUT2D eigenvalue weighted by Gasteiger charge is -2.20. The molecule has 0 aliphatic carbocycles. The topological polar surface area (TPSA) is 66.8 Å². The fraction of sp³-hybridized carbons (Fsp3) is 0.500. The summed E-state index contributed by atoms with van der Waals surface area (Å²) in [5.74, 6) is -0.901. The summed E-state index contributed by atoms with van der Waals surface area (Å²) >= 11 is 0. The molecule has 22 heavy (non-hydrogen) atoms. The van der Waals surface area contributed by atoms with Gasteiger partial charge in [-0.1, -0.05) is 6.07 Å². The number of aliphatic carboxylic acids is 1.